The molecule has 3 N–H and O–H groups in total. The number of fused-ring (bicyclic) bond motifs is 1. The molecule has 2 aromatic rings. The highest BCUT2D eigenvalue weighted by Gasteiger charge is 2.29. The van der Waals surface area contributed by atoms with Gasteiger partial charge in [0.25, 0.3) is 0 Å². The SMILES string of the molecule is CC(C)NC(=O)N1Cc2nc(N)nc(-c3ccc(Br)cc3Cl)c2C1.Cl. The lowest BCUT2D eigenvalue weighted by molar-refractivity contribution is 0.195. The van der Waals surface area contributed by atoms with Gasteiger partial charge in [-0.15, -0.1) is 12.4 Å². The highest BCUT2D eigenvalue weighted by Crippen LogP contribution is 2.35. The number of carbonyl (C=O) groups is 1. The number of amides is 2. The van der Waals surface area contributed by atoms with Gasteiger partial charge in [-0.05, 0) is 26.0 Å². The molecular weight excluding hydrogens is 429 g/mol. The van der Waals surface area contributed by atoms with Crippen molar-refractivity contribution in [3.63, 3.8) is 0 Å². The molecule has 0 spiro atoms. The Labute approximate surface area is 165 Å². The van der Waals surface area contributed by atoms with Crippen LogP contribution < -0.4 is 11.1 Å². The first-order chi connectivity index (χ1) is 11.3. The van der Waals surface area contributed by atoms with Crippen LogP contribution in [0.1, 0.15) is 25.1 Å². The summed E-state index contributed by atoms with van der Waals surface area (Å²) in [5.74, 6) is 0.175. The molecule has 0 atom stereocenters. The average Bonchev–Trinajstić information content (AvgIpc) is 2.90. The molecule has 0 radical (unpaired) electrons. The number of nitrogen functional groups attached to an aromatic ring is 1. The van der Waals surface area contributed by atoms with E-state index in [0.29, 0.717) is 23.8 Å². The molecule has 0 unspecified atom stereocenters. The predicted octanol–water partition coefficient (Wildman–Crippen LogP) is 4.00. The zero-order chi connectivity index (χ0) is 17.4. The second kappa shape index (κ2) is 7.76. The number of aromatic nitrogens is 2. The largest absolute Gasteiger partial charge is 0.368 e. The fourth-order valence-electron chi connectivity index (χ4n) is 2.66. The van der Waals surface area contributed by atoms with E-state index < -0.39 is 0 Å². The van der Waals surface area contributed by atoms with E-state index in [1.54, 1.807) is 11.0 Å². The summed E-state index contributed by atoms with van der Waals surface area (Å²) in [6.07, 6.45) is 0. The van der Waals surface area contributed by atoms with Crippen molar-refractivity contribution in [1.82, 2.24) is 20.2 Å². The van der Waals surface area contributed by atoms with Crippen molar-refractivity contribution in [2.24, 2.45) is 0 Å². The van der Waals surface area contributed by atoms with E-state index in [-0.39, 0.29) is 30.4 Å². The molecule has 0 aliphatic carbocycles. The Kier molecular flexibility index (Phi) is 6.13. The van der Waals surface area contributed by atoms with E-state index in [0.717, 1.165) is 21.3 Å². The van der Waals surface area contributed by atoms with Crippen LogP contribution in [0.2, 0.25) is 5.02 Å². The fraction of sp³-hybridized carbons (Fsp3) is 0.312. The van der Waals surface area contributed by atoms with Crippen LogP contribution in [0, 0.1) is 0 Å². The molecule has 25 heavy (non-hydrogen) atoms. The molecule has 1 aliphatic rings. The molecule has 0 fully saturated rings. The number of hydrogen-bond acceptors (Lipinski definition) is 4. The van der Waals surface area contributed by atoms with Gasteiger partial charge >= 0.3 is 6.03 Å². The summed E-state index contributed by atoms with van der Waals surface area (Å²) in [7, 11) is 0. The maximum Gasteiger partial charge on any atom is 0.318 e. The van der Waals surface area contributed by atoms with Crippen molar-refractivity contribution in [1.29, 1.82) is 0 Å². The Bertz CT molecular complexity index is 815. The van der Waals surface area contributed by atoms with Crippen molar-refractivity contribution >= 4 is 51.9 Å². The number of hydrogen-bond donors (Lipinski definition) is 2. The van der Waals surface area contributed by atoms with Crippen molar-refractivity contribution < 1.29 is 4.79 Å². The first-order valence-corrected chi connectivity index (χ1v) is 8.68. The highest BCUT2D eigenvalue weighted by molar-refractivity contribution is 9.10. The maximum absolute atomic E-state index is 12.3. The summed E-state index contributed by atoms with van der Waals surface area (Å²) in [4.78, 5) is 22.6. The zero-order valence-corrected chi connectivity index (χ0v) is 16.9. The minimum absolute atomic E-state index is 0. The third kappa shape index (κ3) is 4.16. The highest BCUT2D eigenvalue weighted by atomic mass is 79.9. The molecule has 1 aromatic heterocycles. The van der Waals surface area contributed by atoms with Gasteiger partial charge in [0.05, 0.1) is 29.5 Å². The van der Waals surface area contributed by atoms with Gasteiger partial charge in [-0.2, -0.15) is 0 Å². The van der Waals surface area contributed by atoms with Gasteiger partial charge in [0.2, 0.25) is 5.95 Å². The number of anilines is 1. The third-order valence-electron chi connectivity index (χ3n) is 3.69. The number of nitrogens with one attached hydrogen (secondary N) is 1. The predicted molar refractivity (Wildman–Crippen MR) is 105 cm³/mol. The van der Waals surface area contributed by atoms with E-state index in [1.807, 2.05) is 26.0 Å². The van der Waals surface area contributed by atoms with Crippen molar-refractivity contribution in [2.75, 3.05) is 5.73 Å². The summed E-state index contributed by atoms with van der Waals surface area (Å²) in [5, 5.41) is 3.45. The molecule has 2 amide bonds. The minimum atomic E-state index is -0.130. The average molecular weight is 447 g/mol. The number of nitrogens with two attached hydrogens (primary N) is 1. The Morgan fingerprint density at radius 3 is 2.72 bits per heavy atom. The Morgan fingerprint density at radius 1 is 1.36 bits per heavy atom. The van der Waals surface area contributed by atoms with Gasteiger partial charge in [-0.25, -0.2) is 14.8 Å². The van der Waals surface area contributed by atoms with Crippen LogP contribution in [-0.4, -0.2) is 26.9 Å². The number of urea groups is 1. The molecule has 3 rings (SSSR count). The van der Waals surface area contributed by atoms with Gasteiger partial charge in [-0.3, -0.25) is 0 Å². The Balaban J connectivity index is 0.00000225. The molecular formula is C16H18BrCl2N5O. The van der Waals surface area contributed by atoms with E-state index in [9.17, 15) is 4.79 Å². The monoisotopic (exact) mass is 445 g/mol. The van der Waals surface area contributed by atoms with Crippen LogP contribution >= 0.6 is 39.9 Å². The lowest BCUT2D eigenvalue weighted by Crippen LogP contribution is -2.40. The molecule has 0 saturated heterocycles. The first kappa shape index (κ1) is 19.8. The van der Waals surface area contributed by atoms with Gasteiger partial charge in [-0.1, -0.05) is 33.6 Å². The first-order valence-electron chi connectivity index (χ1n) is 7.51. The smallest absolute Gasteiger partial charge is 0.318 e. The van der Waals surface area contributed by atoms with Gasteiger partial charge in [0, 0.05) is 21.6 Å². The molecule has 1 aliphatic heterocycles. The Hall–Kier alpha value is -1.57. The number of halogens is 3. The van der Waals surface area contributed by atoms with Crippen LogP contribution in [0.25, 0.3) is 11.3 Å². The van der Waals surface area contributed by atoms with Gasteiger partial charge in [0.15, 0.2) is 0 Å². The van der Waals surface area contributed by atoms with E-state index >= 15 is 0 Å². The second-order valence-corrected chi connectivity index (χ2v) is 7.26. The summed E-state index contributed by atoms with van der Waals surface area (Å²) >= 11 is 9.76. The molecule has 2 heterocycles. The van der Waals surface area contributed by atoms with Gasteiger partial charge < -0.3 is 16.0 Å². The lowest BCUT2D eigenvalue weighted by atomic mass is 10.1. The number of rotatable bonds is 2. The van der Waals surface area contributed by atoms with Crippen LogP contribution in [0.15, 0.2) is 22.7 Å². The summed E-state index contributed by atoms with van der Waals surface area (Å²) < 4.78 is 0.882. The lowest BCUT2D eigenvalue weighted by Gasteiger charge is -2.18. The molecule has 134 valence electrons. The quantitative estimate of drug-likeness (QED) is 0.730. The van der Waals surface area contributed by atoms with Crippen LogP contribution in [0.5, 0.6) is 0 Å². The summed E-state index contributed by atoms with van der Waals surface area (Å²) in [6, 6.07) is 5.52. The van der Waals surface area contributed by atoms with Crippen LogP contribution in [-0.2, 0) is 13.1 Å². The number of nitrogens with zero attached hydrogens (tertiary/aromatic N) is 3. The Morgan fingerprint density at radius 2 is 2.08 bits per heavy atom. The number of benzene rings is 1. The second-order valence-electron chi connectivity index (χ2n) is 5.94. The van der Waals surface area contributed by atoms with Crippen molar-refractivity contribution in [3.8, 4) is 11.3 Å². The summed E-state index contributed by atoms with van der Waals surface area (Å²) in [5.41, 5.74) is 8.95. The molecule has 0 saturated carbocycles. The van der Waals surface area contributed by atoms with E-state index in [4.69, 9.17) is 17.3 Å². The molecule has 1 aromatic carbocycles. The van der Waals surface area contributed by atoms with Crippen LogP contribution in [0.3, 0.4) is 0 Å². The fourth-order valence-corrected chi connectivity index (χ4v) is 3.42. The topological polar surface area (TPSA) is 84.1 Å². The van der Waals surface area contributed by atoms with Crippen LogP contribution in [0.4, 0.5) is 10.7 Å². The van der Waals surface area contributed by atoms with Crippen molar-refractivity contribution in [3.05, 3.63) is 39.0 Å². The van der Waals surface area contributed by atoms with Gasteiger partial charge in [0.1, 0.15) is 0 Å². The summed E-state index contributed by atoms with van der Waals surface area (Å²) in [6.45, 7) is 4.68. The normalized spacial score (nSPS) is 12.8. The third-order valence-corrected chi connectivity index (χ3v) is 4.49. The zero-order valence-electron chi connectivity index (χ0n) is 13.7. The number of carbonyl (C=O) groups excluding carboxylic acids is 1. The standard InChI is InChI=1S/C16H17BrClN5O.ClH/c1-8(2)20-16(24)23-6-11-13(7-23)21-15(19)22-14(11)10-4-3-9(17)5-12(10)18;/h3-5,8H,6-7H2,1-2H3,(H,20,24)(H2,19,21,22);1H. The molecule has 9 heteroatoms. The van der Waals surface area contributed by atoms with E-state index in [1.165, 1.54) is 0 Å². The molecule has 6 nitrogen and oxygen atoms in total. The minimum Gasteiger partial charge on any atom is -0.368 e. The van der Waals surface area contributed by atoms with E-state index in [2.05, 4.69) is 31.2 Å². The van der Waals surface area contributed by atoms with Crippen molar-refractivity contribution in [2.45, 2.75) is 33.0 Å². The maximum atomic E-state index is 12.3. The molecule has 0 bridgehead atoms.